The standard InChI is InChI=1S/C13H12FN3O2/c14-4-9(5-15)8-19-11-1-2-12-10(3-11)6-16-13(7-18)17-12/h1-4,6-7H,5,8,15H2/b9-4+. The van der Waals surface area contributed by atoms with E-state index < -0.39 is 0 Å². The van der Waals surface area contributed by atoms with Gasteiger partial charge in [-0.2, -0.15) is 0 Å². The van der Waals surface area contributed by atoms with E-state index in [1.807, 2.05) is 0 Å². The molecule has 0 spiro atoms. The first-order valence-corrected chi connectivity index (χ1v) is 5.60. The minimum absolute atomic E-state index is 0.0891. The molecule has 0 amide bonds. The summed E-state index contributed by atoms with van der Waals surface area (Å²) < 4.78 is 17.7. The number of benzene rings is 1. The summed E-state index contributed by atoms with van der Waals surface area (Å²) in [5.41, 5.74) is 6.34. The lowest BCUT2D eigenvalue weighted by atomic mass is 10.2. The van der Waals surface area contributed by atoms with Crippen LogP contribution in [-0.4, -0.2) is 29.4 Å². The largest absolute Gasteiger partial charge is 0.489 e. The number of ether oxygens (including phenoxy) is 1. The number of carbonyl (C=O) groups is 1. The fraction of sp³-hybridized carbons (Fsp3) is 0.154. The molecule has 0 saturated heterocycles. The first-order valence-electron chi connectivity index (χ1n) is 5.60. The number of aromatic nitrogens is 2. The first-order chi connectivity index (χ1) is 9.26. The highest BCUT2D eigenvalue weighted by Gasteiger charge is 2.02. The third-order valence-corrected chi connectivity index (χ3v) is 2.52. The van der Waals surface area contributed by atoms with Crippen molar-refractivity contribution >= 4 is 17.2 Å². The van der Waals surface area contributed by atoms with Gasteiger partial charge in [0.15, 0.2) is 12.1 Å². The third kappa shape index (κ3) is 3.11. The van der Waals surface area contributed by atoms with Gasteiger partial charge in [-0.15, -0.1) is 0 Å². The van der Waals surface area contributed by atoms with E-state index in [0.717, 1.165) is 5.39 Å². The number of nitrogens with two attached hydrogens (primary N) is 1. The van der Waals surface area contributed by atoms with E-state index in [-0.39, 0.29) is 19.0 Å². The van der Waals surface area contributed by atoms with E-state index in [0.29, 0.717) is 29.5 Å². The molecular weight excluding hydrogens is 249 g/mol. The maximum Gasteiger partial charge on any atom is 0.193 e. The fourth-order valence-electron chi connectivity index (χ4n) is 1.48. The number of halogens is 1. The highest BCUT2D eigenvalue weighted by atomic mass is 19.1. The molecule has 0 saturated carbocycles. The number of nitrogens with zero attached hydrogens (tertiary/aromatic N) is 2. The van der Waals surface area contributed by atoms with Crippen LogP contribution >= 0.6 is 0 Å². The molecule has 0 radical (unpaired) electrons. The summed E-state index contributed by atoms with van der Waals surface area (Å²) in [6.07, 6.45) is 2.57. The van der Waals surface area contributed by atoms with Crippen LogP contribution in [0.2, 0.25) is 0 Å². The summed E-state index contributed by atoms with van der Waals surface area (Å²) in [5.74, 6) is 0.690. The molecule has 0 bridgehead atoms. The summed E-state index contributed by atoms with van der Waals surface area (Å²) in [4.78, 5) is 18.5. The van der Waals surface area contributed by atoms with Crippen LogP contribution in [0.4, 0.5) is 4.39 Å². The minimum Gasteiger partial charge on any atom is -0.489 e. The van der Waals surface area contributed by atoms with Crippen molar-refractivity contribution in [3.63, 3.8) is 0 Å². The molecular formula is C13H12FN3O2. The normalized spacial score (nSPS) is 11.6. The molecule has 0 aliphatic rings. The van der Waals surface area contributed by atoms with Gasteiger partial charge >= 0.3 is 0 Å². The van der Waals surface area contributed by atoms with Crippen molar-refractivity contribution in [1.82, 2.24) is 9.97 Å². The molecule has 2 rings (SSSR count). The molecule has 1 aromatic carbocycles. The van der Waals surface area contributed by atoms with Crippen LogP contribution in [0, 0.1) is 0 Å². The maximum atomic E-state index is 12.3. The SMILES string of the molecule is NC/C(=C\F)COc1ccc2nc(C=O)ncc2c1. The van der Waals surface area contributed by atoms with Gasteiger partial charge in [0.25, 0.3) is 0 Å². The Morgan fingerprint density at radius 3 is 3.00 bits per heavy atom. The van der Waals surface area contributed by atoms with Gasteiger partial charge < -0.3 is 10.5 Å². The van der Waals surface area contributed by atoms with Crippen LogP contribution in [0.3, 0.4) is 0 Å². The molecule has 2 aromatic rings. The third-order valence-electron chi connectivity index (χ3n) is 2.52. The van der Waals surface area contributed by atoms with Crippen LogP contribution in [0.5, 0.6) is 5.75 Å². The van der Waals surface area contributed by atoms with Crippen molar-refractivity contribution in [3.8, 4) is 5.75 Å². The van der Waals surface area contributed by atoms with Crippen molar-refractivity contribution < 1.29 is 13.9 Å². The van der Waals surface area contributed by atoms with Gasteiger partial charge in [-0.25, -0.2) is 14.4 Å². The lowest BCUT2D eigenvalue weighted by Gasteiger charge is -2.07. The maximum absolute atomic E-state index is 12.3. The number of carbonyl (C=O) groups excluding carboxylic acids is 1. The predicted molar refractivity (Wildman–Crippen MR) is 68.7 cm³/mol. The highest BCUT2D eigenvalue weighted by molar-refractivity contribution is 5.82. The van der Waals surface area contributed by atoms with E-state index >= 15 is 0 Å². The quantitative estimate of drug-likeness (QED) is 0.828. The molecule has 1 heterocycles. The predicted octanol–water partition coefficient (Wildman–Crippen LogP) is 1.63. The molecule has 0 aliphatic heterocycles. The second kappa shape index (κ2) is 6.01. The molecule has 98 valence electrons. The second-order valence-electron chi connectivity index (χ2n) is 3.83. The highest BCUT2D eigenvalue weighted by Crippen LogP contribution is 2.19. The average Bonchev–Trinajstić information content (AvgIpc) is 2.47. The zero-order valence-corrected chi connectivity index (χ0v) is 10.0. The number of hydrogen-bond donors (Lipinski definition) is 1. The lowest BCUT2D eigenvalue weighted by molar-refractivity contribution is 0.111. The number of hydrogen-bond acceptors (Lipinski definition) is 5. The molecule has 5 nitrogen and oxygen atoms in total. The Morgan fingerprint density at radius 1 is 1.47 bits per heavy atom. The minimum atomic E-state index is 0.0891. The Morgan fingerprint density at radius 2 is 2.32 bits per heavy atom. The topological polar surface area (TPSA) is 78.1 Å². The second-order valence-corrected chi connectivity index (χ2v) is 3.83. The van der Waals surface area contributed by atoms with E-state index in [1.54, 1.807) is 18.2 Å². The summed E-state index contributed by atoms with van der Waals surface area (Å²) >= 11 is 0. The lowest BCUT2D eigenvalue weighted by Crippen LogP contribution is -2.10. The molecule has 0 fully saturated rings. The molecule has 0 unspecified atom stereocenters. The van der Waals surface area contributed by atoms with Crippen molar-refractivity contribution in [3.05, 3.63) is 42.1 Å². The Bertz CT molecular complexity index is 628. The molecule has 0 aliphatic carbocycles. The zero-order valence-electron chi connectivity index (χ0n) is 10.0. The smallest absolute Gasteiger partial charge is 0.193 e. The number of rotatable bonds is 5. The van der Waals surface area contributed by atoms with Crippen LogP contribution in [0.25, 0.3) is 10.9 Å². The number of aldehydes is 1. The van der Waals surface area contributed by atoms with Gasteiger partial charge in [-0.1, -0.05) is 0 Å². The molecule has 1 aromatic heterocycles. The summed E-state index contributed by atoms with van der Waals surface area (Å²) in [6, 6.07) is 5.12. The fourth-order valence-corrected chi connectivity index (χ4v) is 1.48. The van der Waals surface area contributed by atoms with Crippen LogP contribution in [0.15, 0.2) is 36.3 Å². The van der Waals surface area contributed by atoms with Crippen molar-refractivity contribution in [1.29, 1.82) is 0 Å². The van der Waals surface area contributed by atoms with Crippen LogP contribution in [0.1, 0.15) is 10.6 Å². The number of fused-ring (bicyclic) bond motifs is 1. The van der Waals surface area contributed by atoms with E-state index in [4.69, 9.17) is 10.5 Å². The van der Waals surface area contributed by atoms with Crippen molar-refractivity contribution in [2.24, 2.45) is 5.73 Å². The Balaban J connectivity index is 2.20. The first kappa shape index (κ1) is 13.1. The zero-order chi connectivity index (χ0) is 13.7. The summed E-state index contributed by atoms with van der Waals surface area (Å²) in [7, 11) is 0. The monoisotopic (exact) mass is 261 g/mol. The summed E-state index contributed by atoms with van der Waals surface area (Å²) in [6.45, 7) is 0.196. The van der Waals surface area contributed by atoms with Crippen LogP contribution in [-0.2, 0) is 0 Å². The van der Waals surface area contributed by atoms with E-state index in [1.165, 1.54) is 6.20 Å². The van der Waals surface area contributed by atoms with Gasteiger partial charge in [0.05, 0.1) is 11.8 Å². The Hall–Kier alpha value is -2.34. The Labute approximate surface area is 108 Å². The summed E-state index contributed by atoms with van der Waals surface area (Å²) in [5, 5.41) is 0.738. The van der Waals surface area contributed by atoms with Crippen LogP contribution < -0.4 is 10.5 Å². The molecule has 6 heteroatoms. The van der Waals surface area contributed by atoms with Gasteiger partial charge in [0.2, 0.25) is 0 Å². The Kier molecular flexibility index (Phi) is 4.15. The molecule has 2 N–H and O–H groups in total. The van der Waals surface area contributed by atoms with Gasteiger partial charge in [-0.3, -0.25) is 4.79 Å². The van der Waals surface area contributed by atoms with Gasteiger partial charge in [-0.05, 0) is 18.2 Å². The van der Waals surface area contributed by atoms with Gasteiger partial charge in [0.1, 0.15) is 12.4 Å². The van der Waals surface area contributed by atoms with Crippen molar-refractivity contribution in [2.45, 2.75) is 0 Å². The molecule has 19 heavy (non-hydrogen) atoms. The van der Waals surface area contributed by atoms with E-state index in [9.17, 15) is 9.18 Å². The average molecular weight is 261 g/mol. The molecule has 0 atom stereocenters. The van der Waals surface area contributed by atoms with Crippen molar-refractivity contribution in [2.75, 3.05) is 13.2 Å². The van der Waals surface area contributed by atoms with E-state index in [2.05, 4.69) is 9.97 Å². The van der Waals surface area contributed by atoms with Gasteiger partial charge in [0, 0.05) is 23.7 Å².